The second kappa shape index (κ2) is 8.30. The SMILES string of the molecule is Nc1c(-c2nc3ccc(N4CCC(N5CCCCC5)CC4)cc3[nH]2)cnc2cccc(F)c12. The molecule has 0 bridgehead atoms. The molecule has 0 atom stereocenters. The van der Waals surface area contributed by atoms with Crippen LogP contribution in [-0.2, 0) is 0 Å². The number of likely N-dealkylation sites (tertiary alicyclic amines) is 1. The molecule has 2 aromatic carbocycles. The van der Waals surface area contributed by atoms with E-state index in [0.717, 1.165) is 30.2 Å². The van der Waals surface area contributed by atoms with Crippen molar-refractivity contribution in [3.05, 3.63) is 48.4 Å². The Morgan fingerprint density at radius 3 is 2.61 bits per heavy atom. The third-order valence-electron chi connectivity index (χ3n) is 7.34. The Labute approximate surface area is 192 Å². The zero-order valence-corrected chi connectivity index (χ0v) is 18.7. The Morgan fingerprint density at radius 1 is 0.970 bits per heavy atom. The van der Waals surface area contributed by atoms with Crippen LogP contribution in [0.1, 0.15) is 32.1 Å². The van der Waals surface area contributed by atoms with Crippen molar-refractivity contribution in [3.8, 4) is 11.4 Å². The van der Waals surface area contributed by atoms with Crippen LogP contribution in [0, 0.1) is 5.82 Å². The van der Waals surface area contributed by atoms with Gasteiger partial charge < -0.3 is 20.5 Å². The molecule has 7 heteroatoms. The number of nitrogen functional groups attached to an aromatic ring is 1. The monoisotopic (exact) mass is 444 g/mol. The lowest BCUT2D eigenvalue weighted by Gasteiger charge is -2.41. The van der Waals surface area contributed by atoms with Crippen molar-refractivity contribution in [1.82, 2.24) is 19.9 Å². The zero-order chi connectivity index (χ0) is 22.4. The summed E-state index contributed by atoms with van der Waals surface area (Å²) < 4.78 is 14.4. The van der Waals surface area contributed by atoms with E-state index in [-0.39, 0.29) is 5.82 Å². The molecule has 2 fully saturated rings. The second-order valence-corrected chi connectivity index (χ2v) is 9.32. The largest absolute Gasteiger partial charge is 0.397 e. The average molecular weight is 445 g/mol. The van der Waals surface area contributed by atoms with Gasteiger partial charge in [-0.15, -0.1) is 0 Å². The summed E-state index contributed by atoms with van der Waals surface area (Å²) in [5.74, 6) is 0.242. The fourth-order valence-electron chi connectivity index (χ4n) is 5.51. The summed E-state index contributed by atoms with van der Waals surface area (Å²) in [6, 6.07) is 11.9. The van der Waals surface area contributed by atoms with E-state index in [1.54, 1.807) is 18.3 Å². The predicted molar refractivity (Wildman–Crippen MR) is 132 cm³/mol. The van der Waals surface area contributed by atoms with Gasteiger partial charge in [0.25, 0.3) is 0 Å². The molecule has 0 unspecified atom stereocenters. The number of hydrogen-bond acceptors (Lipinski definition) is 5. The smallest absolute Gasteiger partial charge is 0.142 e. The number of rotatable bonds is 3. The number of fused-ring (bicyclic) bond motifs is 2. The molecule has 0 amide bonds. The van der Waals surface area contributed by atoms with Crippen molar-refractivity contribution in [2.75, 3.05) is 36.8 Å². The van der Waals surface area contributed by atoms with Crippen molar-refractivity contribution < 1.29 is 4.39 Å². The molecule has 0 aliphatic carbocycles. The highest BCUT2D eigenvalue weighted by molar-refractivity contribution is 5.98. The van der Waals surface area contributed by atoms with Gasteiger partial charge in [-0.1, -0.05) is 12.5 Å². The standard InChI is InChI=1S/C26H29FN6/c27-20-5-4-6-22-24(20)25(28)19(16-29-22)26-30-21-8-7-18(15-23(21)31-26)33-13-9-17(10-14-33)32-11-2-1-3-12-32/h4-8,15-17H,1-3,9-14H2,(H2,28,29)(H,30,31). The topological polar surface area (TPSA) is 74.1 Å². The predicted octanol–water partition coefficient (Wildman–Crippen LogP) is 4.95. The van der Waals surface area contributed by atoms with E-state index < -0.39 is 0 Å². The molecule has 4 heterocycles. The molecule has 2 aliphatic rings. The van der Waals surface area contributed by atoms with Crippen LogP contribution >= 0.6 is 0 Å². The van der Waals surface area contributed by atoms with Crippen LogP contribution in [0.4, 0.5) is 15.8 Å². The number of piperidine rings is 2. The quantitative estimate of drug-likeness (QED) is 0.468. The Balaban J connectivity index is 1.25. The van der Waals surface area contributed by atoms with Gasteiger partial charge in [0, 0.05) is 31.0 Å². The van der Waals surface area contributed by atoms with Crippen LogP contribution in [0.2, 0.25) is 0 Å². The lowest BCUT2D eigenvalue weighted by molar-refractivity contribution is 0.141. The molecule has 6 nitrogen and oxygen atoms in total. The summed E-state index contributed by atoms with van der Waals surface area (Å²) in [7, 11) is 0. The van der Waals surface area contributed by atoms with Crippen molar-refractivity contribution >= 4 is 33.3 Å². The number of imidazole rings is 1. The van der Waals surface area contributed by atoms with Gasteiger partial charge in [-0.3, -0.25) is 4.98 Å². The van der Waals surface area contributed by atoms with Gasteiger partial charge in [0.05, 0.1) is 33.2 Å². The summed E-state index contributed by atoms with van der Waals surface area (Å²) >= 11 is 0. The molecular formula is C26H29FN6. The van der Waals surface area contributed by atoms with Crippen molar-refractivity contribution in [2.24, 2.45) is 0 Å². The first-order chi connectivity index (χ1) is 16.2. The lowest BCUT2D eigenvalue weighted by atomic mass is 9.99. The fourth-order valence-corrected chi connectivity index (χ4v) is 5.51. The summed E-state index contributed by atoms with van der Waals surface area (Å²) in [5.41, 5.74) is 10.9. The molecule has 0 radical (unpaired) electrons. The van der Waals surface area contributed by atoms with Gasteiger partial charge in [0.1, 0.15) is 11.6 Å². The number of anilines is 2. The molecule has 2 aliphatic heterocycles. The molecule has 2 saturated heterocycles. The van der Waals surface area contributed by atoms with Gasteiger partial charge in [-0.25, -0.2) is 9.37 Å². The molecule has 33 heavy (non-hydrogen) atoms. The molecule has 0 spiro atoms. The zero-order valence-electron chi connectivity index (χ0n) is 18.7. The second-order valence-electron chi connectivity index (χ2n) is 9.32. The number of aromatic nitrogens is 3. The van der Waals surface area contributed by atoms with Crippen LogP contribution in [0.5, 0.6) is 0 Å². The van der Waals surface area contributed by atoms with Gasteiger partial charge in [-0.2, -0.15) is 0 Å². The number of pyridine rings is 1. The van der Waals surface area contributed by atoms with Crippen LogP contribution in [-0.4, -0.2) is 52.1 Å². The number of H-pyrrole nitrogens is 1. The third-order valence-corrected chi connectivity index (χ3v) is 7.34. The Kier molecular flexibility index (Phi) is 5.14. The molecule has 2 aromatic heterocycles. The molecule has 0 saturated carbocycles. The minimum atomic E-state index is -0.370. The number of nitrogens with two attached hydrogens (primary N) is 1. The fraction of sp³-hybridized carbons (Fsp3) is 0.385. The average Bonchev–Trinajstić information content (AvgIpc) is 3.28. The summed E-state index contributed by atoms with van der Waals surface area (Å²) in [6.45, 7) is 4.69. The van der Waals surface area contributed by atoms with Gasteiger partial charge >= 0.3 is 0 Å². The van der Waals surface area contributed by atoms with Gasteiger partial charge in [0.2, 0.25) is 0 Å². The van der Waals surface area contributed by atoms with E-state index in [0.29, 0.717) is 28.0 Å². The van der Waals surface area contributed by atoms with Crippen molar-refractivity contribution in [3.63, 3.8) is 0 Å². The summed E-state index contributed by atoms with van der Waals surface area (Å²) in [4.78, 5) is 17.7. The number of benzene rings is 2. The first-order valence-electron chi connectivity index (χ1n) is 12.0. The Hall–Kier alpha value is -3.19. The highest BCUT2D eigenvalue weighted by atomic mass is 19.1. The highest BCUT2D eigenvalue weighted by Gasteiger charge is 2.26. The van der Waals surface area contributed by atoms with Crippen LogP contribution in [0.15, 0.2) is 42.6 Å². The molecular weight excluding hydrogens is 415 g/mol. The molecule has 3 N–H and O–H groups in total. The summed E-state index contributed by atoms with van der Waals surface area (Å²) in [6.07, 6.45) is 8.19. The van der Waals surface area contributed by atoms with E-state index in [1.165, 1.54) is 56.9 Å². The number of nitrogens with zero attached hydrogens (tertiary/aromatic N) is 4. The van der Waals surface area contributed by atoms with Crippen LogP contribution in [0.3, 0.4) is 0 Å². The minimum absolute atomic E-state index is 0.340. The van der Waals surface area contributed by atoms with E-state index in [2.05, 4.69) is 31.9 Å². The first kappa shape index (κ1) is 20.4. The van der Waals surface area contributed by atoms with Crippen LogP contribution in [0.25, 0.3) is 33.3 Å². The molecule has 6 rings (SSSR count). The molecule has 4 aromatic rings. The minimum Gasteiger partial charge on any atom is -0.397 e. The number of halogens is 1. The Morgan fingerprint density at radius 2 is 1.79 bits per heavy atom. The number of nitrogens with one attached hydrogen (secondary N) is 1. The van der Waals surface area contributed by atoms with Crippen molar-refractivity contribution in [1.29, 1.82) is 0 Å². The van der Waals surface area contributed by atoms with Gasteiger partial charge in [0.15, 0.2) is 0 Å². The lowest BCUT2D eigenvalue weighted by Crippen LogP contribution is -2.46. The van der Waals surface area contributed by atoms with E-state index in [4.69, 9.17) is 10.7 Å². The highest BCUT2D eigenvalue weighted by Crippen LogP contribution is 2.33. The maximum absolute atomic E-state index is 14.4. The normalized spacial score (nSPS) is 18.4. The van der Waals surface area contributed by atoms with E-state index in [9.17, 15) is 4.39 Å². The maximum atomic E-state index is 14.4. The summed E-state index contributed by atoms with van der Waals surface area (Å²) in [5, 5.41) is 0.340. The first-order valence-corrected chi connectivity index (χ1v) is 12.0. The number of aromatic amines is 1. The van der Waals surface area contributed by atoms with Gasteiger partial charge in [-0.05, 0) is 69.1 Å². The molecule has 170 valence electrons. The van der Waals surface area contributed by atoms with Crippen molar-refractivity contribution in [2.45, 2.75) is 38.1 Å². The third kappa shape index (κ3) is 3.70. The number of hydrogen-bond donors (Lipinski definition) is 2. The van der Waals surface area contributed by atoms with E-state index in [1.807, 2.05) is 6.07 Å². The van der Waals surface area contributed by atoms with Crippen LogP contribution < -0.4 is 10.6 Å². The van der Waals surface area contributed by atoms with E-state index >= 15 is 0 Å². The Bertz CT molecular complexity index is 1300. The maximum Gasteiger partial charge on any atom is 0.142 e.